The van der Waals surface area contributed by atoms with Crippen LogP contribution < -0.4 is 4.90 Å². The van der Waals surface area contributed by atoms with Gasteiger partial charge in [-0.05, 0) is 36.0 Å². The minimum absolute atomic E-state index is 0.0936. The van der Waals surface area contributed by atoms with Crippen LogP contribution in [-0.4, -0.2) is 39.3 Å². The molecule has 82 valence electrons. The van der Waals surface area contributed by atoms with Crippen molar-refractivity contribution in [2.75, 3.05) is 18.0 Å². The zero-order valence-corrected chi connectivity index (χ0v) is 9.41. The molecule has 1 aliphatic heterocycles. The topological polar surface area (TPSA) is 62.1 Å². The van der Waals surface area contributed by atoms with Gasteiger partial charge in [-0.1, -0.05) is 0 Å². The average molecular weight is 249 g/mol. The summed E-state index contributed by atoms with van der Waals surface area (Å²) in [5.74, 6) is 0.479. The third-order valence-electron chi connectivity index (χ3n) is 2.32. The highest BCUT2D eigenvalue weighted by Gasteiger charge is 2.19. The summed E-state index contributed by atoms with van der Waals surface area (Å²) in [4.78, 5) is 13.6. The lowest BCUT2D eigenvalue weighted by Gasteiger charge is -2.29. The van der Waals surface area contributed by atoms with Gasteiger partial charge in [0.05, 0.1) is 6.10 Å². The van der Waals surface area contributed by atoms with E-state index in [0.29, 0.717) is 31.9 Å². The van der Waals surface area contributed by atoms with Crippen LogP contribution in [0.4, 0.5) is 5.95 Å². The molecule has 0 saturated carbocycles. The normalized spacial score (nSPS) is 18.2. The van der Waals surface area contributed by atoms with E-state index in [1.54, 1.807) is 0 Å². The van der Waals surface area contributed by atoms with E-state index in [9.17, 15) is 5.11 Å². The lowest BCUT2D eigenvalue weighted by Crippen LogP contribution is -2.37. The van der Waals surface area contributed by atoms with E-state index in [1.165, 1.54) is 0 Å². The zero-order chi connectivity index (χ0) is 10.8. The van der Waals surface area contributed by atoms with Crippen molar-refractivity contribution < 1.29 is 5.11 Å². The molecule has 1 saturated heterocycles. The molecule has 2 rings (SSSR count). The van der Waals surface area contributed by atoms with Gasteiger partial charge in [-0.15, -0.1) is 0 Å². The second-order valence-corrected chi connectivity index (χ2v) is 4.07. The molecule has 1 N–H and O–H groups in total. The van der Waals surface area contributed by atoms with Gasteiger partial charge in [0.25, 0.3) is 0 Å². The number of anilines is 1. The van der Waals surface area contributed by atoms with E-state index in [1.807, 2.05) is 4.90 Å². The maximum absolute atomic E-state index is 9.35. The minimum atomic E-state index is -0.228. The molecule has 1 aromatic rings. The highest BCUT2D eigenvalue weighted by atomic mass is 35.5. The number of rotatable bonds is 1. The first-order valence-electron chi connectivity index (χ1n) is 4.65. The smallest absolute Gasteiger partial charge is 0.230 e. The fourth-order valence-electron chi connectivity index (χ4n) is 1.52. The molecule has 7 heteroatoms. The molecule has 0 radical (unpaired) electrons. The Kier molecular flexibility index (Phi) is 3.23. The van der Waals surface area contributed by atoms with Crippen LogP contribution in [0, 0.1) is 0 Å². The molecule has 0 amide bonds. The molecule has 0 aromatic carbocycles. The third-order valence-corrected chi connectivity index (χ3v) is 2.65. The SMILES string of the molecule is OC1CCN(c2nc(Cl)nc(Cl)n2)CC1. The number of nitrogens with zero attached hydrogens (tertiary/aromatic N) is 4. The van der Waals surface area contributed by atoms with Gasteiger partial charge in [0.15, 0.2) is 0 Å². The summed E-state index contributed by atoms with van der Waals surface area (Å²) < 4.78 is 0. The first-order valence-corrected chi connectivity index (χ1v) is 5.41. The van der Waals surface area contributed by atoms with E-state index in [-0.39, 0.29) is 16.7 Å². The molecule has 0 atom stereocenters. The first-order chi connectivity index (χ1) is 7.15. The van der Waals surface area contributed by atoms with Crippen molar-refractivity contribution >= 4 is 29.2 Å². The minimum Gasteiger partial charge on any atom is -0.393 e. The Bertz CT molecular complexity index is 334. The van der Waals surface area contributed by atoms with E-state index in [2.05, 4.69) is 15.0 Å². The van der Waals surface area contributed by atoms with Gasteiger partial charge in [0.1, 0.15) is 0 Å². The van der Waals surface area contributed by atoms with Crippen LogP contribution in [-0.2, 0) is 0 Å². The molecule has 0 spiro atoms. The van der Waals surface area contributed by atoms with Gasteiger partial charge in [-0.3, -0.25) is 0 Å². The number of piperidine rings is 1. The van der Waals surface area contributed by atoms with Crippen molar-refractivity contribution in [3.05, 3.63) is 10.6 Å². The number of aromatic nitrogens is 3. The summed E-state index contributed by atoms with van der Waals surface area (Å²) in [5.41, 5.74) is 0. The maximum atomic E-state index is 9.35. The largest absolute Gasteiger partial charge is 0.393 e. The Morgan fingerprint density at radius 1 is 1.07 bits per heavy atom. The number of halogens is 2. The third kappa shape index (κ3) is 2.68. The molecule has 0 aliphatic carbocycles. The molecule has 1 fully saturated rings. The van der Waals surface area contributed by atoms with E-state index >= 15 is 0 Å². The summed E-state index contributed by atoms with van der Waals surface area (Å²) in [7, 11) is 0. The molecule has 15 heavy (non-hydrogen) atoms. The maximum Gasteiger partial charge on any atom is 0.230 e. The Labute approximate surface area is 97.1 Å². The first kappa shape index (κ1) is 10.9. The van der Waals surface area contributed by atoms with Crippen LogP contribution in [0.3, 0.4) is 0 Å². The quantitative estimate of drug-likeness (QED) is 0.808. The summed E-state index contributed by atoms with van der Waals surface area (Å²) in [6.07, 6.45) is 1.19. The van der Waals surface area contributed by atoms with Crippen molar-refractivity contribution in [2.45, 2.75) is 18.9 Å². The molecule has 1 aromatic heterocycles. The molecule has 0 bridgehead atoms. The number of aliphatic hydroxyl groups excluding tert-OH is 1. The van der Waals surface area contributed by atoms with Gasteiger partial charge < -0.3 is 10.0 Å². The van der Waals surface area contributed by atoms with Gasteiger partial charge in [0.2, 0.25) is 16.5 Å². The Balaban J connectivity index is 2.15. The van der Waals surface area contributed by atoms with Crippen molar-refractivity contribution in [3.8, 4) is 0 Å². The predicted molar refractivity (Wildman–Crippen MR) is 57.3 cm³/mol. The second kappa shape index (κ2) is 4.47. The van der Waals surface area contributed by atoms with Crippen LogP contribution in [0.2, 0.25) is 10.6 Å². The fourth-order valence-corrected chi connectivity index (χ4v) is 1.88. The van der Waals surface area contributed by atoms with E-state index in [0.717, 1.165) is 0 Å². The Morgan fingerprint density at radius 3 is 2.13 bits per heavy atom. The molecule has 5 nitrogen and oxygen atoms in total. The Hall–Kier alpha value is -0.650. The fraction of sp³-hybridized carbons (Fsp3) is 0.625. The van der Waals surface area contributed by atoms with Crippen LogP contribution in [0.1, 0.15) is 12.8 Å². The van der Waals surface area contributed by atoms with Gasteiger partial charge in [0, 0.05) is 13.1 Å². The lowest BCUT2D eigenvalue weighted by atomic mass is 10.1. The monoisotopic (exact) mass is 248 g/mol. The summed E-state index contributed by atoms with van der Waals surface area (Å²) >= 11 is 11.4. The second-order valence-electron chi connectivity index (χ2n) is 3.39. The number of hydrogen-bond donors (Lipinski definition) is 1. The Morgan fingerprint density at radius 2 is 1.60 bits per heavy atom. The summed E-state index contributed by atoms with van der Waals surface area (Å²) in [6, 6.07) is 0. The zero-order valence-electron chi connectivity index (χ0n) is 7.90. The molecule has 2 heterocycles. The standard InChI is InChI=1S/C8H10Cl2N4O/c9-6-11-7(10)13-8(12-6)14-3-1-5(15)2-4-14/h5,15H,1-4H2. The highest BCUT2D eigenvalue weighted by Crippen LogP contribution is 2.18. The van der Waals surface area contributed by atoms with Crippen molar-refractivity contribution in [1.29, 1.82) is 0 Å². The number of hydrogen-bond acceptors (Lipinski definition) is 5. The van der Waals surface area contributed by atoms with Gasteiger partial charge >= 0.3 is 0 Å². The summed E-state index contributed by atoms with van der Waals surface area (Å²) in [5, 5.41) is 9.54. The highest BCUT2D eigenvalue weighted by molar-refractivity contribution is 6.31. The lowest BCUT2D eigenvalue weighted by molar-refractivity contribution is 0.145. The van der Waals surface area contributed by atoms with Crippen LogP contribution in [0.15, 0.2) is 0 Å². The number of aliphatic hydroxyl groups is 1. The molecular weight excluding hydrogens is 239 g/mol. The van der Waals surface area contributed by atoms with Crippen molar-refractivity contribution in [3.63, 3.8) is 0 Å². The van der Waals surface area contributed by atoms with Crippen LogP contribution in [0.25, 0.3) is 0 Å². The van der Waals surface area contributed by atoms with Gasteiger partial charge in [-0.2, -0.15) is 15.0 Å². The van der Waals surface area contributed by atoms with Crippen molar-refractivity contribution in [2.24, 2.45) is 0 Å². The van der Waals surface area contributed by atoms with E-state index < -0.39 is 0 Å². The molecule has 0 unspecified atom stereocenters. The van der Waals surface area contributed by atoms with Gasteiger partial charge in [-0.25, -0.2) is 0 Å². The summed E-state index contributed by atoms with van der Waals surface area (Å²) in [6.45, 7) is 1.41. The molecular formula is C8H10Cl2N4O. The average Bonchev–Trinajstić information content (AvgIpc) is 2.17. The van der Waals surface area contributed by atoms with Crippen molar-refractivity contribution in [1.82, 2.24) is 15.0 Å². The van der Waals surface area contributed by atoms with Crippen LogP contribution in [0.5, 0.6) is 0 Å². The van der Waals surface area contributed by atoms with E-state index in [4.69, 9.17) is 23.2 Å². The molecule has 1 aliphatic rings. The predicted octanol–water partition coefficient (Wildman–Crippen LogP) is 1.14. The van der Waals surface area contributed by atoms with Crippen LogP contribution >= 0.6 is 23.2 Å².